The van der Waals surface area contributed by atoms with Crippen molar-refractivity contribution in [2.75, 3.05) is 20.6 Å². The van der Waals surface area contributed by atoms with Gasteiger partial charge < -0.3 is 14.7 Å². The first-order valence-electron chi connectivity index (χ1n) is 6.52. The normalized spacial score (nSPS) is 21.6. The number of ether oxygens (including phenoxy) is 1. The second kappa shape index (κ2) is 5.77. The van der Waals surface area contributed by atoms with Gasteiger partial charge in [-0.1, -0.05) is 0 Å². The van der Waals surface area contributed by atoms with Crippen molar-refractivity contribution in [1.29, 1.82) is 0 Å². The lowest BCUT2D eigenvalue weighted by Crippen LogP contribution is -2.53. The third-order valence-electron chi connectivity index (χ3n) is 3.10. The van der Waals surface area contributed by atoms with Gasteiger partial charge in [0.2, 0.25) is 0 Å². The molecule has 6 heteroatoms. The first-order chi connectivity index (χ1) is 8.63. The van der Waals surface area contributed by atoms with Crippen LogP contribution in [-0.4, -0.2) is 65.3 Å². The molecule has 1 heterocycles. The molecule has 110 valence electrons. The summed E-state index contributed by atoms with van der Waals surface area (Å²) in [4.78, 5) is 26.7. The number of carboxylic acids is 1. The van der Waals surface area contributed by atoms with Gasteiger partial charge in [-0.15, -0.1) is 0 Å². The zero-order valence-electron chi connectivity index (χ0n) is 12.3. The lowest BCUT2D eigenvalue weighted by Gasteiger charge is -2.34. The molecule has 0 aromatic rings. The summed E-state index contributed by atoms with van der Waals surface area (Å²) in [6.45, 7) is 5.96. The lowest BCUT2D eigenvalue weighted by atomic mass is 10.1. The van der Waals surface area contributed by atoms with Crippen LogP contribution in [0.25, 0.3) is 0 Å². The van der Waals surface area contributed by atoms with Crippen LogP contribution in [0.2, 0.25) is 0 Å². The second-order valence-corrected chi connectivity index (χ2v) is 6.13. The van der Waals surface area contributed by atoms with Crippen molar-refractivity contribution in [3.8, 4) is 0 Å². The quantitative estimate of drug-likeness (QED) is 0.841. The first-order valence-corrected chi connectivity index (χ1v) is 6.52. The summed E-state index contributed by atoms with van der Waals surface area (Å²) >= 11 is 0. The van der Waals surface area contributed by atoms with Crippen molar-refractivity contribution in [3.63, 3.8) is 0 Å². The minimum absolute atomic E-state index is 0.331. The topological polar surface area (TPSA) is 70.1 Å². The van der Waals surface area contributed by atoms with E-state index in [2.05, 4.69) is 0 Å². The Morgan fingerprint density at radius 2 is 1.95 bits per heavy atom. The Kier molecular flexibility index (Phi) is 4.79. The van der Waals surface area contributed by atoms with E-state index < -0.39 is 23.7 Å². The molecule has 1 aliphatic rings. The predicted molar refractivity (Wildman–Crippen MR) is 71.1 cm³/mol. The SMILES string of the molecule is CN(C)C(C(=O)O)C1CCCN1C(=O)OC(C)(C)C. The van der Waals surface area contributed by atoms with E-state index >= 15 is 0 Å². The lowest BCUT2D eigenvalue weighted by molar-refractivity contribution is -0.144. The van der Waals surface area contributed by atoms with Gasteiger partial charge >= 0.3 is 12.1 Å². The van der Waals surface area contributed by atoms with E-state index in [0.717, 1.165) is 6.42 Å². The average Bonchev–Trinajstić information content (AvgIpc) is 2.62. The number of likely N-dealkylation sites (N-methyl/N-ethyl adjacent to an activating group) is 1. The van der Waals surface area contributed by atoms with Crippen LogP contribution < -0.4 is 0 Å². The Morgan fingerprint density at radius 3 is 2.37 bits per heavy atom. The van der Waals surface area contributed by atoms with Gasteiger partial charge in [-0.25, -0.2) is 4.79 Å². The molecule has 0 aromatic heterocycles. The number of hydrogen-bond donors (Lipinski definition) is 1. The number of nitrogens with zero attached hydrogens (tertiary/aromatic N) is 2. The molecule has 0 radical (unpaired) electrons. The van der Waals surface area contributed by atoms with Crippen LogP contribution in [0.4, 0.5) is 4.79 Å². The van der Waals surface area contributed by atoms with Gasteiger partial charge in [-0.05, 0) is 47.7 Å². The minimum Gasteiger partial charge on any atom is -0.480 e. The summed E-state index contributed by atoms with van der Waals surface area (Å²) < 4.78 is 5.34. The molecule has 0 saturated carbocycles. The smallest absolute Gasteiger partial charge is 0.410 e. The fraction of sp³-hybridized carbons (Fsp3) is 0.846. The Bertz CT molecular complexity index is 349. The van der Waals surface area contributed by atoms with Crippen molar-refractivity contribution in [1.82, 2.24) is 9.80 Å². The minimum atomic E-state index is -0.912. The van der Waals surface area contributed by atoms with Crippen molar-refractivity contribution < 1.29 is 19.4 Å². The van der Waals surface area contributed by atoms with E-state index in [-0.39, 0.29) is 6.04 Å². The van der Waals surface area contributed by atoms with E-state index in [0.29, 0.717) is 13.0 Å². The Hall–Kier alpha value is -1.30. The summed E-state index contributed by atoms with van der Waals surface area (Å²) in [7, 11) is 3.43. The number of aliphatic carboxylic acids is 1. The number of hydrogen-bond acceptors (Lipinski definition) is 4. The monoisotopic (exact) mass is 272 g/mol. The van der Waals surface area contributed by atoms with Crippen LogP contribution in [-0.2, 0) is 9.53 Å². The molecule has 1 N–H and O–H groups in total. The largest absolute Gasteiger partial charge is 0.480 e. The van der Waals surface area contributed by atoms with Crippen LogP contribution in [0.5, 0.6) is 0 Å². The molecule has 1 saturated heterocycles. The highest BCUT2D eigenvalue weighted by Gasteiger charge is 2.41. The van der Waals surface area contributed by atoms with Crippen LogP contribution in [0.15, 0.2) is 0 Å². The van der Waals surface area contributed by atoms with Gasteiger partial charge in [-0.3, -0.25) is 9.69 Å². The molecule has 6 nitrogen and oxygen atoms in total. The Balaban J connectivity index is 2.83. The molecule has 1 rings (SSSR count). The third-order valence-corrected chi connectivity index (χ3v) is 3.10. The summed E-state index contributed by atoms with van der Waals surface area (Å²) in [5.74, 6) is -0.912. The number of carboxylic acid groups (broad SMARTS) is 1. The van der Waals surface area contributed by atoms with Crippen LogP contribution in [0, 0.1) is 0 Å². The molecular formula is C13H24N2O4. The van der Waals surface area contributed by atoms with Crippen LogP contribution in [0.1, 0.15) is 33.6 Å². The molecule has 2 unspecified atom stereocenters. The molecule has 2 atom stereocenters. The molecule has 1 aliphatic heterocycles. The van der Waals surface area contributed by atoms with Gasteiger partial charge in [-0.2, -0.15) is 0 Å². The molecule has 0 aliphatic carbocycles. The van der Waals surface area contributed by atoms with Gasteiger partial charge in [0, 0.05) is 6.54 Å². The van der Waals surface area contributed by atoms with Crippen molar-refractivity contribution in [2.45, 2.75) is 51.3 Å². The molecule has 0 bridgehead atoms. The molecule has 0 aromatic carbocycles. The molecular weight excluding hydrogens is 248 g/mol. The highest BCUT2D eigenvalue weighted by atomic mass is 16.6. The van der Waals surface area contributed by atoms with E-state index in [1.165, 1.54) is 0 Å². The Morgan fingerprint density at radius 1 is 1.37 bits per heavy atom. The molecule has 19 heavy (non-hydrogen) atoms. The average molecular weight is 272 g/mol. The van der Waals surface area contributed by atoms with Crippen LogP contribution in [0.3, 0.4) is 0 Å². The summed E-state index contributed by atoms with van der Waals surface area (Å²) in [6.07, 6.45) is 1.07. The molecule has 1 amide bonds. The van der Waals surface area contributed by atoms with Crippen molar-refractivity contribution >= 4 is 12.1 Å². The molecule has 1 fully saturated rings. The Labute approximate surface area is 114 Å². The number of likely N-dealkylation sites (tertiary alicyclic amines) is 1. The maximum absolute atomic E-state index is 12.1. The van der Waals surface area contributed by atoms with Gasteiger partial charge in [0.1, 0.15) is 11.6 Å². The van der Waals surface area contributed by atoms with Crippen molar-refractivity contribution in [2.24, 2.45) is 0 Å². The zero-order valence-corrected chi connectivity index (χ0v) is 12.3. The second-order valence-electron chi connectivity index (χ2n) is 6.13. The highest BCUT2D eigenvalue weighted by Crippen LogP contribution is 2.25. The number of amides is 1. The number of carbonyl (C=O) groups excluding carboxylic acids is 1. The fourth-order valence-corrected chi connectivity index (χ4v) is 2.40. The predicted octanol–water partition coefficient (Wildman–Crippen LogP) is 1.40. The van der Waals surface area contributed by atoms with E-state index in [1.54, 1.807) is 44.7 Å². The number of rotatable bonds is 3. The third kappa shape index (κ3) is 4.09. The molecule has 0 spiro atoms. The highest BCUT2D eigenvalue weighted by molar-refractivity contribution is 5.77. The summed E-state index contributed by atoms with van der Waals surface area (Å²) in [5, 5.41) is 9.32. The zero-order chi connectivity index (χ0) is 14.8. The van der Waals surface area contributed by atoms with Crippen molar-refractivity contribution in [3.05, 3.63) is 0 Å². The summed E-state index contributed by atoms with van der Waals surface area (Å²) in [6, 6.07) is -1.03. The standard InChI is InChI=1S/C13H24N2O4/c1-13(2,3)19-12(18)15-8-6-7-9(15)10(11(16)17)14(4)5/h9-10H,6-8H2,1-5H3,(H,16,17). The maximum Gasteiger partial charge on any atom is 0.410 e. The van der Waals surface area contributed by atoms with E-state index in [1.807, 2.05) is 0 Å². The van der Waals surface area contributed by atoms with Crippen LogP contribution >= 0.6 is 0 Å². The number of carbonyl (C=O) groups is 2. The van der Waals surface area contributed by atoms with E-state index in [9.17, 15) is 14.7 Å². The van der Waals surface area contributed by atoms with Gasteiger partial charge in [0.25, 0.3) is 0 Å². The first kappa shape index (κ1) is 15.8. The van der Waals surface area contributed by atoms with Gasteiger partial charge in [0.05, 0.1) is 6.04 Å². The van der Waals surface area contributed by atoms with Gasteiger partial charge in [0.15, 0.2) is 0 Å². The summed E-state index contributed by atoms with van der Waals surface area (Å²) in [5.41, 5.74) is -0.568. The fourth-order valence-electron chi connectivity index (χ4n) is 2.40. The maximum atomic E-state index is 12.1. The van der Waals surface area contributed by atoms with E-state index in [4.69, 9.17) is 4.74 Å².